The van der Waals surface area contributed by atoms with E-state index in [1.165, 1.54) is 0 Å². The molecule has 17 heavy (non-hydrogen) atoms. The predicted octanol–water partition coefficient (Wildman–Crippen LogP) is 0.620. The lowest BCUT2D eigenvalue weighted by molar-refractivity contribution is -0.131. The van der Waals surface area contributed by atoms with Crippen LogP contribution in [0.25, 0.3) is 0 Å². The quantitative estimate of drug-likeness (QED) is 0.761. The molecular weight excluding hydrogens is 246 g/mol. The molecule has 0 radical (unpaired) electrons. The summed E-state index contributed by atoms with van der Waals surface area (Å²) in [5, 5.41) is 14.7. The number of H-pyrrole nitrogens is 1. The molecule has 6 nitrogen and oxygen atoms in total. The van der Waals surface area contributed by atoms with Crippen LogP contribution < -0.4 is 0 Å². The maximum atomic E-state index is 11.7. The van der Waals surface area contributed by atoms with Crippen LogP contribution in [0.3, 0.4) is 0 Å². The van der Waals surface area contributed by atoms with Crippen molar-refractivity contribution in [2.75, 3.05) is 6.54 Å². The molecule has 92 valence electrons. The topological polar surface area (TPSA) is 86.3 Å². The second kappa shape index (κ2) is 4.37. The van der Waals surface area contributed by atoms with E-state index in [4.69, 9.17) is 16.7 Å². The first kappa shape index (κ1) is 11.9. The predicted molar refractivity (Wildman–Crippen MR) is 60.0 cm³/mol. The summed E-state index contributed by atoms with van der Waals surface area (Å²) in [5.41, 5.74) is 1.41. The van der Waals surface area contributed by atoms with Crippen molar-refractivity contribution in [1.29, 1.82) is 0 Å². The van der Waals surface area contributed by atoms with Crippen molar-refractivity contribution in [1.82, 2.24) is 15.1 Å². The zero-order valence-corrected chi connectivity index (χ0v) is 9.99. The van der Waals surface area contributed by atoms with Gasteiger partial charge in [0.2, 0.25) is 5.91 Å². The molecule has 0 spiro atoms. The van der Waals surface area contributed by atoms with E-state index in [2.05, 4.69) is 10.2 Å². The van der Waals surface area contributed by atoms with Gasteiger partial charge in [-0.15, -0.1) is 11.6 Å². The Balaban J connectivity index is 2.21. The second-order valence-corrected chi connectivity index (χ2v) is 4.61. The highest BCUT2D eigenvalue weighted by molar-refractivity contribution is 6.30. The van der Waals surface area contributed by atoms with Crippen LogP contribution in [0.4, 0.5) is 0 Å². The fourth-order valence-corrected chi connectivity index (χ4v) is 2.07. The van der Waals surface area contributed by atoms with Gasteiger partial charge >= 0.3 is 5.97 Å². The monoisotopic (exact) mass is 257 g/mol. The highest BCUT2D eigenvalue weighted by Crippen LogP contribution is 2.21. The van der Waals surface area contributed by atoms with Crippen LogP contribution in [0.2, 0.25) is 0 Å². The van der Waals surface area contributed by atoms with Gasteiger partial charge in [-0.25, -0.2) is 4.79 Å². The summed E-state index contributed by atoms with van der Waals surface area (Å²) in [4.78, 5) is 24.2. The number of carboxylic acid groups (broad SMARTS) is 1. The van der Waals surface area contributed by atoms with Crippen LogP contribution in [0, 0.1) is 0 Å². The van der Waals surface area contributed by atoms with Gasteiger partial charge in [-0.05, 0) is 13.3 Å². The third kappa shape index (κ3) is 2.12. The van der Waals surface area contributed by atoms with Crippen LogP contribution in [-0.2, 0) is 17.8 Å². The Morgan fingerprint density at radius 3 is 2.88 bits per heavy atom. The van der Waals surface area contributed by atoms with Crippen molar-refractivity contribution in [3.63, 3.8) is 0 Å². The van der Waals surface area contributed by atoms with Crippen molar-refractivity contribution < 1.29 is 14.7 Å². The lowest BCUT2D eigenvalue weighted by atomic mass is 10.0. The Morgan fingerprint density at radius 2 is 2.29 bits per heavy atom. The first-order valence-corrected chi connectivity index (χ1v) is 5.66. The minimum Gasteiger partial charge on any atom is -0.476 e. The highest BCUT2D eigenvalue weighted by Gasteiger charge is 2.28. The summed E-state index contributed by atoms with van der Waals surface area (Å²) in [6.45, 7) is 2.43. The number of aromatic amines is 1. The standard InChI is InChI=1S/C10H12ClN3O3/c1-5(11)9(15)14-3-2-6-7(4-14)12-13-8(6)10(16)17/h5H,2-4H2,1H3,(H,12,13)(H,16,17). The molecule has 1 unspecified atom stereocenters. The molecule has 2 N–H and O–H groups in total. The Labute approximate surface area is 103 Å². The summed E-state index contributed by atoms with van der Waals surface area (Å²) in [7, 11) is 0. The van der Waals surface area contributed by atoms with E-state index < -0.39 is 11.3 Å². The summed E-state index contributed by atoms with van der Waals surface area (Å²) < 4.78 is 0. The smallest absolute Gasteiger partial charge is 0.356 e. The number of hydrogen-bond acceptors (Lipinski definition) is 3. The molecule has 1 amide bonds. The van der Waals surface area contributed by atoms with Gasteiger partial charge in [-0.3, -0.25) is 9.89 Å². The molecule has 1 aliphatic heterocycles. The van der Waals surface area contributed by atoms with Crippen LogP contribution >= 0.6 is 11.6 Å². The summed E-state index contributed by atoms with van der Waals surface area (Å²) >= 11 is 5.73. The van der Waals surface area contributed by atoms with Crippen molar-refractivity contribution in [3.8, 4) is 0 Å². The maximum absolute atomic E-state index is 11.7. The molecule has 0 aromatic carbocycles. The van der Waals surface area contributed by atoms with Crippen molar-refractivity contribution in [2.24, 2.45) is 0 Å². The molecule has 0 saturated heterocycles. The van der Waals surface area contributed by atoms with E-state index in [9.17, 15) is 9.59 Å². The summed E-state index contributed by atoms with van der Waals surface area (Å²) in [6.07, 6.45) is 0.489. The van der Waals surface area contributed by atoms with E-state index in [0.717, 1.165) is 0 Å². The second-order valence-electron chi connectivity index (χ2n) is 3.96. The van der Waals surface area contributed by atoms with Gasteiger partial charge in [0.1, 0.15) is 5.38 Å². The molecule has 1 aliphatic rings. The molecule has 0 bridgehead atoms. The average Bonchev–Trinajstić information content (AvgIpc) is 2.70. The largest absolute Gasteiger partial charge is 0.476 e. The number of alkyl halides is 1. The van der Waals surface area contributed by atoms with Crippen molar-refractivity contribution in [2.45, 2.75) is 25.3 Å². The molecule has 1 aromatic rings. The van der Waals surface area contributed by atoms with Crippen LogP contribution in [-0.4, -0.2) is 44.0 Å². The van der Waals surface area contributed by atoms with Crippen LogP contribution in [0.15, 0.2) is 0 Å². The molecule has 7 heteroatoms. The fraction of sp³-hybridized carbons (Fsp3) is 0.500. The first-order valence-electron chi connectivity index (χ1n) is 5.23. The van der Waals surface area contributed by atoms with Crippen molar-refractivity contribution >= 4 is 23.5 Å². The maximum Gasteiger partial charge on any atom is 0.356 e. The zero-order chi connectivity index (χ0) is 12.6. The Kier molecular flexibility index (Phi) is 3.06. The third-order valence-electron chi connectivity index (χ3n) is 2.79. The van der Waals surface area contributed by atoms with Crippen molar-refractivity contribution in [3.05, 3.63) is 17.0 Å². The number of aromatic nitrogens is 2. The van der Waals surface area contributed by atoms with Gasteiger partial charge in [-0.1, -0.05) is 0 Å². The minimum atomic E-state index is -1.05. The van der Waals surface area contributed by atoms with Gasteiger partial charge in [0.05, 0.1) is 12.2 Å². The zero-order valence-electron chi connectivity index (χ0n) is 9.23. The molecule has 0 aliphatic carbocycles. The lowest BCUT2D eigenvalue weighted by Crippen LogP contribution is -2.39. The SMILES string of the molecule is CC(Cl)C(=O)N1CCc2c(C(=O)O)n[nH]c2C1. The Hall–Kier alpha value is -1.56. The molecule has 0 saturated carbocycles. The number of carbonyl (C=O) groups is 2. The molecule has 1 atom stereocenters. The van der Waals surface area contributed by atoms with E-state index in [1.807, 2.05) is 0 Å². The van der Waals surface area contributed by atoms with Gasteiger partial charge < -0.3 is 10.0 Å². The number of carbonyl (C=O) groups excluding carboxylic acids is 1. The number of nitrogens with zero attached hydrogens (tertiary/aromatic N) is 2. The number of nitrogens with one attached hydrogen (secondary N) is 1. The van der Waals surface area contributed by atoms with E-state index in [0.29, 0.717) is 30.8 Å². The summed E-state index contributed by atoms with van der Waals surface area (Å²) in [5.74, 6) is -1.20. The fourth-order valence-electron chi connectivity index (χ4n) is 1.93. The molecule has 2 rings (SSSR count). The minimum absolute atomic E-state index is 0.0472. The number of hydrogen-bond donors (Lipinski definition) is 2. The highest BCUT2D eigenvalue weighted by atomic mass is 35.5. The number of halogens is 1. The number of aromatic carboxylic acids is 1. The normalized spacial score (nSPS) is 16.5. The lowest BCUT2D eigenvalue weighted by Gasteiger charge is -2.27. The molecule has 2 heterocycles. The number of amides is 1. The Morgan fingerprint density at radius 1 is 1.59 bits per heavy atom. The Bertz CT molecular complexity index is 469. The van der Waals surface area contributed by atoms with E-state index >= 15 is 0 Å². The van der Waals surface area contributed by atoms with Gasteiger partial charge in [-0.2, -0.15) is 5.10 Å². The molecule has 0 fully saturated rings. The molecule has 1 aromatic heterocycles. The van der Waals surface area contributed by atoms with Gasteiger partial charge in [0.15, 0.2) is 5.69 Å². The van der Waals surface area contributed by atoms with Gasteiger partial charge in [0.25, 0.3) is 0 Å². The number of carboxylic acids is 1. The number of fused-ring (bicyclic) bond motifs is 1. The van der Waals surface area contributed by atoms with Crippen LogP contribution in [0.5, 0.6) is 0 Å². The van der Waals surface area contributed by atoms with Gasteiger partial charge in [0, 0.05) is 12.1 Å². The first-order chi connectivity index (χ1) is 8.00. The summed E-state index contributed by atoms with van der Waals surface area (Å²) in [6, 6.07) is 0. The average molecular weight is 258 g/mol. The van der Waals surface area contributed by atoms with Crippen LogP contribution in [0.1, 0.15) is 28.7 Å². The third-order valence-corrected chi connectivity index (χ3v) is 2.97. The van der Waals surface area contributed by atoms with E-state index in [1.54, 1.807) is 11.8 Å². The number of rotatable bonds is 2. The van der Waals surface area contributed by atoms with E-state index in [-0.39, 0.29) is 11.6 Å². The molecular formula is C10H12ClN3O3.